The third kappa shape index (κ3) is 3.05. The van der Waals surface area contributed by atoms with Crippen molar-refractivity contribution in [3.05, 3.63) is 36.2 Å². The fraction of sp³-hybridized carbons (Fsp3) is 0.467. The van der Waals surface area contributed by atoms with Gasteiger partial charge in [-0.3, -0.25) is 9.58 Å². The van der Waals surface area contributed by atoms with Crippen molar-refractivity contribution in [3.8, 4) is 11.4 Å². The summed E-state index contributed by atoms with van der Waals surface area (Å²) in [7, 11) is 1.98. The van der Waals surface area contributed by atoms with Gasteiger partial charge in [-0.1, -0.05) is 30.3 Å². The van der Waals surface area contributed by atoms with E-state index in [0.29, 0.717) is 0 Å². The summed E-state index contributed by atoms with van der Waals surface area (Å²) in [5.41, 5.74) is 1.08. The Morgan fingerprint density at radius 3 is 2.85 bits per heavy atom. The molecular formula is C15H21N5. The molecule has 1 N–H and O–H groups in total. The first-order valence-electron chi connectivity index (χ1n) is 7.21. The lowest BCUT2D eigenvalue weighted by Crippen LogP contribution is -2.28. The zero-order valence-electron chi connectivity index (χ0n) is 11.9. The minimum absolute atomic E-state index is 0.816. The van der Waals surface area contributed by atoms with Gasteiger partial charge in [-0.05, 0) is 19.5 Å². The van der Waals surface area contributed by atoms with E-state index in [9.17, 15) is 0 Å². The lowest BCUT2D eigenvalue weighted by molar-refractivity contribution is 0.273. The number of aromatic nitrogens is 3. The van der Waals surface area contributed by atoms with Gasteiger partial charge in [0.2, 0.25) is 0 Å². The van der Waals surface area contributed by atoms with Gasteiger partial charge >= 0.3 is 0 Å². The first-order valence-corrected chi connectivity index (χ1v) is 7.21. The van der Waals surface area contributed by atoms with Crippen molar-refractivity contribution >= 4 is 0 Å². The van der Waals surface area contributed by atoms with Gasteiger partial charge in [-0.25, -0.2) is 4.98 Å². The number of rotatable bonds is 3. The van der Waals surface area contributed by atoms with E-state index in [1.807, 2.05) is 29.9 Å². The second-order valence-corrected chi connectivity index (χ2v) is 5.22. The van der Waals surface area contributed by atoms with Gasteiger partial charge in [-0.15, -0.1) is 0 Å². The maximum absolute atomic E-state index is 4.69. The molecule has 20 heavy (non-hydrogen) atoms. The quantitative estimate of drug-likeness (QED) is 0.913. The first-order chi connectivity index (χ1) is 9.83. The molecule has 1 fully saturated rings. The summed E-state index contributed by atoms with van der Waals surface area (Å²) in [6.07, 6.45) is 1.20. The van der Waals surface area contributed by atoms with Crippen LogP contribution >= 0.6 is 0 Å². The van der Waals surface area contributed by atoms with Crippen LogP contribution in [0.4, 0.5) is 0 Å². The Balaban J connectivity index is 1.75. The molecule has 0 saturated carbocycles. The lowest BCUT2D eigenvalue weighted by atomic mass is 10.2. The number of hydrogen-bond donors (Lipinski definition) is 1. The van der Waals surface area contributed by atoms with Crippen LogP contribution in [-0.4, -0.2) is 45.8 Å². The zero-order chi connectivity index (χ0) is 13.8. The van der Waals surface area contributed by atoms with Gasteiger partial charge < -0.3 is 5.32 Å². The van der Waals surface area contributed by atoms with E-state index in [0.717, 1.165) is 49.9 Å². The molecule has 3 rings (SSSR count). The van der Waals surface area contributed by atoms with Crippen LogP contribution in [0.1, 0.15) is 12.2 Å². The molecular weight excluding hydrogens is 250 g/mol. The van der Waals surface area contributed by atoms with Gasteiger partial charge in [0, 0.05) is 25.7 Å². The third-order valence-electron chi connectivity index (χ3n) is 3.68. The van der Waals surface area contributed by atoms with Crippen LogP contribution in [0.15, 0.2) is 30.3 Å². The van der Waals surface area contributed by atoms with Crippen LogP contribution in [0.5, 0.6) is 0 Å². The zero-order valence-corrected chi connectivity index (χ0v) is 11.9. The molecule has 1 saturated heterocycles. The van der Waals surface area contributed by atoms with E-state index in [1.54, 1.807) is 0 Å². The van der Waals surface area contributed by atoms with Crippen molar-refractivity contribution in [2.75, 3.05) is 26.2 Å². The van der Waals surface area contributed by atoms with Crippen molar-refractivity contribution < 1.29 is 0 Å². The minimum Gasteiger partial charge on any atom is -0.315 e. The van der Waals surface area contributed by atoms with Gasteiger partial charge in [0.05, 0.1) is 6.54 Å². The van der Waals surface area contributed by atoms with Gasteiger partial charge in [0.15, 0.2) is 5.82 Å². The monoisotopic (exact) mass is 271 g/mol. The van der Waals surface area contributed by atoms with Crippen molar-refractivity contribution in [1.82, 2.24) is 25.0 Å². The third-order valence-corrected chi connectivity index (χ3v) is 3.68. The van der Waals surface area contributed by atoms with Crippen LogP contribution in [0.2, 0.25) is 0 Å². The molecule has 1 aliphatic rings. The smallest absolute Gasteiger partial charge is 0.181 e. The number of hydrogen-bond acceptors (Lipinski definition) is 4. The standard InChI is InChI=1S/C15H21N5/c1-19-14(12-20-10-5-8-16-9-11-20)17-15(18-19)13-6-3-2-4-7-13/h2-4,6-7,16H,5,8-12H2,1H3. The maximum atomic E-state index is 4.69. The predicted octanol–water partition coefficient (Wildman–Crippen LogP) is 1.28. The minimum atomic E-state index is 0.816. The summed E-state index contributed by atoms with van der Waals surface area (Å²) in [5, 5.41) is 7.96. The Labute approximate surface area is 119 Å². The molecule has 0 unspecified atom stereocenters. The number of nitrogens with zero attached hydrogens (tertiary/aromatic N) is 4. The molecule has 0 amide bonds. The SMILES string of the molecule is Cn1nc(-c2ccccc2)nc1CN1CCCNCC1. The highest BCUT2D eigenvalue weighted by atomic mass is 15.3. The Kier molecular flexibility index (Phi) is 4.08. The Morgan fingerprint density at radius 1 is 1.15 bits per heavy atom. The largest absolute Gasteiger partial charge is 0.315 e. The summed E-state index contributed by atoms with van der Waals surface area (Å²) < 4.78 is 1.90. The van der Waals surface area contributed by atoms with E-state index in [-0.39, 0.29) is 0 Å². The lowest BCUT2D eigenvalue weighted by Gasteiger charge is -2.18. The summed E-state index contributed by atoms with van der Waals surface area (Å²) >= 11 is 0. The molecule has 5 nitrogen and oxygen atoms in total. The molecule has 0 aliphatic carbocycles. The van der Waals surface area contributed by atoms with E-state index < -0.39 is 0 Å². The molecule has 0 spiro atoms. The molecule has 1 aromatic heterocycles. The highest BCUT2D eigenvalue weighted by Gasteiger charge is 2.14. The summed E-state index contributed by atoms with van der Waals surface area (Å²) in [6.45, 7) is 5.25. The van der Waals surface area contributed by atoms with Crippen molar-refractivity contribution in [2.24, 2.45) is 7.05 Å². The molecule has 0 atom stereocenters. The fourth-order valence-electron chi connectivity index (χ4n) is 2.52. The average molecular weight is 271 g/mol. The second-order valence-electron chi connectivity index (χ2n) is 5.22. The van der Waals surface area contributed by atoms with Crippen LogP contribution in [0, 0.1) is 0 Å². The highest BCUT2D eigenvalue weighted by molar-refractivity contribution is 5.53. The van der Waals surface area contributed by atoms with Crippen molar-refractivity contribution in [3.63, 3.8) is 0 Å². The van der Waals surface area contributed by atoms with Crippen molar-refractivity contribution in [2.45, 2.75) is 13.0 Å². The van der Waals surface area contributed by atoms with E-state index in [1.165, 1.54) is 6.42 Å². The highest BCUT2D eigenvalue weighted by Crippen LogP contribution is 2.15. The normalized spacial score (nSPS) is 17.1. The Morgan fingerprint density at radius 2 is 2.00 bits per heavy atom. The predicted molar refractivity (Wildman–Crippen MR) is 79.2 cm³/mol. The van der Waals surface area contributed by atoms with Gasteiger partial charge in [0.1, 0.15) is 5.82 Å². The fourth-order valence-corrected chi connectivity index (χ4v) is 2.52. The molecule has 5 heteroatoms. The summed E-state index contributed by atoms with van der Waals surface area (Å²) in [4.78, 5) is 7.14. The molecule has 106 valence electrons. The molecule has 1 aromatic carbocycles. The number of nitrogens with one attached hydrogen (secondary N) is 1. The summed E-state index contributed by atoms with van der Waals surface area (Å²) in [6, 6.07) is 10.2. The topological polar surface area (TPSA) is 46.0 Å². The van der Waals surface area contributed by atoms with Gasteiger partial charge in [0.25, 0.3) is 0 Å². The van der Waals surface area contributed by atoms with Gasteiger partial charge in [-0.2, -0.15) is 5.10 Å². The molecule has 2 heterocycles. The number of aryl methyl sites for hydroxylation is 1. The van der Waals surface area contributed by atoms with Crippen molar-refractivity contribution in [1.29, 1.82) is 0 Å². The van der Waals surface area contributed by atoms with Crippen LogP contribution in [0.25, 0.3) is 11.4 Å². The first kappa shape index (κ1) is 13.3. The van der Waals surface area contributed by atoms with E-state index >= 15 is 0 Å². The van der Waals surface area contributed by atoms with E-state index in [2.05, 4.69) is 27.4 Å². The Bertz CT molecular complexity index is 541. The molecule has 0 radical (unpaired) electrons. The van der Waals surface area contributed by atoms with Crippen LogP contribution < -0.4 is 5.32 Å². The second kappa shape index (κ2) is 6.15. The van der Waals surface area contributed by atoms with Crippen LogP contribution in [0.3, 0.4) is 0 Å². The average Bonchev–Trinajstić information content (AvgIpc) is 2.68. The van der Waals surface area contributed by atoms with E-state index in [4.69, 9.17) is 4.98 Å². The van der Waals surface area contributed by atoms with Crippen LogP contribution in [-0.2, 0) is 13.6 Å². The number of benzene rings is 1. The molecule has 2 aromatic rings. The molecule has 1 aliphatic heterocycles. The Hall–Kier alpha value is -1.72. The maximum Gasteiger partial charge on any atom is 0.181 e. The summed E-state index contributed by atoms with van der Waals surface area (Å²) in [5.74, 6) is 1.85. The molecule has 0 bridgehead atoms.